The number of hydrogen-bond acceptors (Lipinski definition) is 8. The molecular weight excluding hydrogens is 473 g/mol. The minimum absolute atomic E-state index is 0.0739. The molecule has 0 aliphatic carbocycles. The summed E-state index contributed by atoms with van der Waals surface area (Å²) in [5.41, 5.74) is -4.00. The molecular formula is C18H14F5N7O4. The number of nitrogens with one attached hydrogen (secondary N) is 3. The van der Waals surface area contributed by atoms with Crippen molar-refractivity contribution in [2.75, 3.05) is 24.6 Å². The summed E-state index contributed by atoms with van der Waals surface area (Å²) >= 11 is 0. The largest absolute Gasteiger partial charge is 0.476 e. The van der Waals surface area contributed by atoms with Crippen molar-refractivity contribution in [1.29, 1.82) is 0 Å². The van der Waals surface area contributed by atoms with Gasteiger partial charge in [0.05, 0.1) is 36.1 Å². The number of anilines is 1. The number of halogens is 5. The lowest BCUT2D eigenvalue weighted by molar-refractivity contribution is -0.141. The summed E-state index contributed by atoms with van der Waals surface area (Å²) in [6, 6.07) is 1.13. The Morgan fingerprint density at radius 1 is 1.15 bits per heavy atom. The van der Waals surface area contributed by atoms with Crippen molar-refractivity contribution in [3.8, 4) is 17.1 Å². The molecule has 1 atom stereocenters. The minimum Gasteiger partial charge on any atom is -0.476 e. The van der Waals surface area contributed by atoms with Gasteiger partial charge in [0, 0.05) is 12.7 Å². The quantitative estimate of drug-likeness (QED) is 0.447. The molecule has 1 aliphatic rings. The average molecular weight is 487 g/mol. The van der Waals surface area contributed by atoms with Crippen molar-refractivity contribution in [3.05, 3.63) is 61.5 Å². The van der Waals surface area contributed by atoms with Gasteiger partial charge in [0.2, 0.25) is 5.88 Å². The van der Waals surface area contributed by atoms with Crippen molar-refractivity contribution < 1.29 is 26.7 Å². The first-order valence-corrected chi connectivity index (χ1v) is 9.51. The average Bonchev–Trinajstić information content (AvgIpc) is 3.06. The molecule has 0 saturated carbocycles. The van der Waals surface area contributed by atoms with Crippen molar-refractivity contribution >= 4 is 5.69 Å². The molecule has 3 aromatic heterocycles. The number of ether oxygens (including phenoxy) is 1. The fraction of sp³-hybridized carbons (Fsp3) is 0.333. The van der Waals surface area contributed by atoms with Crippen molar-refractivity contribution in [3.63, 3.8) is 0 Å². The molecule has 3 aromatic rings. The van der Waals surface area contributed by atoms with E-state index in [0.29, 0.717) is 12.4 Å². The molecule has 1 unspecified atom stereocenters. The van der Waals surface area contributed by atoms with Gasteiger partial charge in [0.1, 0.15) is 12.3 Å². The third kappa shape index (κ3) is 4.65. The Morgan fingerprint density at radius 2 is 1.91 bits per heavy atom. The van der Waals surface area contributed by atoms with Crippen LogP contribution in [0.15, 0.2) is 39.0 Å². The Bertz CT molecular complexity index is 1370. The van der Waals surface area contributed by atoms with Crippen LogP contribution in [0, 0.1) is 5.92 Å². The molecule has 0 amide bonds. The van der Waals surface area contributed by atoms with E-state index in [1.807, 2.05) is 4.98 Å². The highest BCUT2D eigenvalue weighted by Crippen LogP contribution is 2.35. The minimum atomic E-state index is -4.71. The van der Waals surface area contributed by atoms with Crippen LogP contribution in [0.25, 0.3) is 11.3 Å². The number of rotatable bonds is 5. The molecule has 1 fully saturated rings. The van der Waals surface area contributed by atoms with E-state index in [2.05, 4.69) is 25.1 Å². The second-order valence-electron chi connectivity index (χ2n) is 7.34. The topological polar surface area (TPSA) is 150 Å². The van der Waals surface area contributed by atoms with Crippen LogP contribution >= 0.6 is 0 Å². The van der Waals surface area contributed by atoms with Gasteiger partial charge in [0.15, 0.2) is 5.69 Å². The van der Waals surface area contributed by atoms with Gasteiger partial charge in [0.25, 0.3) is 17.0 Å². The van der Waals surface area contributed by atoms with E-state index >= 15 is 0 Å². The van der Waals surface area contributed by atoms with Gasteiger partial charge < -0.3 is 14.6 Å². The number of hydrogen-bond donors (Lipinski definition) is 3. The maximum atomic E-state index is 14.6. The van der Waals surface area contributed by atoms with Crippen LogP contribution in [-0.4, -0.2) is 55.8 Å². The van der Waals surface area contributed by atoms with E-state index in [0.717, 1.165) is 17.2 Å². The first-order valence-electron chi connectivity index (χ1n) is 9.51. The van der Waals surface area contributed by atoms with Gasteiger partial charge in [-0.3, -0.25) is 14.6 Å². The second-order valence-corrected chi connectivity index (χ2v) is 7.34. The lowest BCUT2D eigenvalue weighted by Crippen LogP contribution is -2.32. The first-order chi connectivity index (χ1) is 15.9. The van der Waals surface area contributed by atoms with Gasteiger partial charge in [-0.2, -0.15) is 18.3 Å². The normalized spacial score (nSPS) is 17.7. The monoisotopic (exact) mass is 487 g/mol. The van der Waals surface area contributed by atoms with Gasteiger partial charge in [-0.15, -0.1) is 0 Å². The Balaban J connectivity index is 1.52. The summed E-state index contributed by atoms with van der Waals surface area (Å²) in [5, 5.41) is 5.84. The van der Waals surface area contributed by atoms with E-state index in [9.17, 15) is 36.3 Å². The number of H-pyrrole nitrogens is 3. The fourth-order valence-electron chi connectivity index (χ4n) is 3.30. The zero-order valence-electron chi connectivity index (χ0n) is 16.8. The van der Waals surface area contributed by atoms with Crippen LogP contribution in [-0.2, 0) is 6.18 Å². The van der Waals surface area contributed by atoms with Crippen LogP contribution < -0.4 is 26.4 Å². The Labute approximate surface area is 184 Å². The molecule has 180 valence electrons. The van der Waals surface area contributed by atoms with E-state index in [4.69, 9.17) is 4.74 Å². The van der Waals surface area contributed by atoms with E-state index in [1.165, 1.54) is 0 Å². The lowest BCUT2D eigenvalue weighted by atomic mass is 10.1. The standard InChI is InChI=1S/C18H14F5N7O4/c19-17(20)7-30(5-8(17)6-34-13-4-24-12(3-25-13)18(21,22)23)11-1-10(28-29-15(11)32)9-2-26-16(33)27-14(9)31/h1-4,8H,5-7H2,(H,29,32)(H2,26,27,31,33). The van der Waals surface area contributed by atoms with Gasteiger partial charge >= 0.3 is 11.9 Å². The maximum absolute atomic E-state index is 14.6. The molecule has 0 aromatic carbocycles. The number of alkyl halides is 5. The summed E-state index contributed by atoms with van der Waals surface area (Å²) < 4.78 is 72.0. The smallest absolute Gasteiger partial charge is 0.434 e. The van der Waals surface area contributed by atoms with Crippen LogP contribution in [0.4, 0.5) is 27.6 Å². The number of aromatic nitrogens is 6. The van der Waals surface area contributed by atoms with Gasteiger partial charge in [-0.05, 0) is 6.07 Å². The summed E-state index contributed by atoms with van der Waals surface area (Å²) in [4.78, 5) is 47.3. The molecule has 16 heteroatoms. The van der Waals surface area contributed by atoms with Crippen LogP contribution in [0.5, 0.6) is 5.88 Å². The van der Waals surface area contributed by atoms with E-state index < -0.39 is 53.7 Å². The third-order valence-corrected chi connectivity index (χ3v) is 5.01. The van der Waals surface area contributed by atoms with Gasteiger partial charge in [-0.1, -0.05) is 0 Å². The van der Waals surface area contributed by atoms with Crippen molar-refractivity contribution in [2.45, 2.75) is 12.1 Å². The Morgan fingerprint density at radius 3 is 2.56 bits per heavy atom. The number of nitrogens with zero attached hydrogens (tertiary/aromatic N) is 4. The Kier molecular flexibility index (Phi) is 5.66. The fourth-order valence-corrected chi connectivity index (χ4v) is 3.30. The molecule has 1 saturated heterocycles. The third-order valence-electron chi connectivity index (χ3n) is 5.01. The van der Waals surface area contributed by atoms with E-state index in [-0.39, 0.29) is 29.4 Å². The molecule has 4 heterocycles. The van der Waals surface area contributed by atoms with Crippen molar-refractivity contribution in [2.24, 2.45) is 5.92 Å². The molecule has 0 radical (unpaired) electrons. The zero-order chi connectivity index (χ0) is 24.7. The summed E-state index contributed by atoms with van der Waals surface area (Å²) in [7, 11) is 0. The highest BCUT2D eigenvalue weighted by Gasteiger charge is 2.49. The van der Waals surface area contributed by atoms with Gasteiger partial charge in [-0.25, -0.2) is 28.6 Å². The van der Waals surface area contributed by atoms with Crippen molar-refractivity contribution in [1.82, 2.24) is 30.1 Å². The summed E-state index contributed by atoms with van der Waals surface area (Å²) in [6.45, 7) is -1.83. The SMILES string of the molecule is O=c1[nH]cc(-c2cc(N3CC(COc4cnc(C(F)(F)F)cn4)C(F)(F)C3)c(=O)[nH]n2)c(=O)[nH]1. The molecule has 34 heavy (non-hydrogen) atoms. The summed E-state index contributed by atoms with van der Waals surface area (Å²) in [6.07, 6.45) is -2.55. The second kappa shape index (κ2) is 8.35. The Hall–Kier alpha value is -4.11. The van der Waals surface area contributed by atoms with Crippen LogP contribution in [0.1, 0.15) is 5.69 Å². The maximum Gasteiger partial charge on any atom is 0.434 e. The predicted molar refractivity (Wildman–Crippen MR) is 105 cm³/mol. The number of aromatic amines is 3. The highest BCUT2D eigenvalue weighted by molar-refractivity contribution is 5.62. The molecule has 3 N–H and O–H groups in total. The van der Waals surface area contributed by atoms with Crippen LogP contribution in [0.3, 0.4) is 0 Å². The molecule has 11 nitrogen and oxygen atoms in total. The van der Waals surface area contributed by atoms with E-state index in [1.54, 1.807) is 0 Å². The van der Waals surface area contributed by atoms with Crippen LogP contribution in [0.2, 0.25) is 0 Å². The highest BCUT2D eigenvalue weighted by atomic mass is 19.4. The lowest BCUT2D eigenvalue weighted by Gasteiger charge is -2.17. The molecule has 0 bridgehead atoms. The molecule has 4 rings (SSSR count). The summed E-state index contributed by atoms with van der Waals surface area (Å²) in [5.74, 6) is -5.14. The zero-order valence-corrected chi connectivity index (χ0v) is 16.8. The predicted octanol–water partition coefficient (Wildman–Crippen LogP) is 0.773. The molecule has 1 aliphatic heterocycles. The molecule has 0 spiro atoms. The first kappa shape index (κ1) is 23.1.